The van der Waals surface area contributed by atoms with Gasteiger partial charge in [-0.1, -0.05) is 26.1 Å². The first-order valence-electron chi connectivity index (χ1n) is 5.03. The third-order valence-electron chi connectivity index (χ3n) is 2.01. The third kappa shape index (κ3) is 6.54. The monoisotopic (exact) mass is 282 g/mol. The number of carbonyl (C=O) groups excluding carboxylic acids is 1. The van der Waals surface area contributed by atoms with E-state index in [4.69, 9.17) is 18.0 Å². The standard InChI is InChI=1S/C9H18N2O4S2/c1-4-15-7(12)5-17(13,14)11-6-9(2,3)8(10)16/h11H,4-6H2,1-3H3,(H2,10,16). The van der Waals surface area contributed by atoms with Crippen LogP contribution >= 0.6 is 12.2 Å². The number of carbonyl (C=O) groups is 1. The van der Waals surface area contributed by atoms with E-state index in [1.54, 1.807) is 20.8 Å². The highest BCUT2D eigenvalue weighted by Crippen LogP contribution is 2.13. The number of nitrogens with two attached hydrogens (primary N) is 1. The van der Waals surface area contributed by atoms with Crippen molar-refractivity contribution >= 4 is 33.2 Å². The van der Waals surface area contributed by atoms with Crippen LogP contribution in [0.5, 0.6) is 0 Å². The molecule has 0 aliphatic rings. The van der Waals surface area contributed by atoms with Crippen molar-refractivity contribution in [3.8, 4) is 0 Å². The van der Waals surface area contributed by atoms with Crippen LogP contribution in [-0.4, -0.2) is 38.3 Å². The Hall–Kier alpha value is -0.730. The molecule has 0 atom stereocenters. The normalized spacial score (nSPS) is 12.2. The lowest BCUT2D eigenvalue weighted by atomic mass is 9.94. The van der Waals surface area contributed by atoms with Gasteiger partial charge in [-0.15, -0.1) is 0 Å². The van der Waals surface area contributed by atoms with E-state index < -0.39 is 27.2 Å². The van der Waals surface area contributed by atoms with Gasteiger partial charge in [0.05, 0.1) is 11.6 Å². The molecule has 17 heavy (non-hydrogen) atoms. The molecule has 0 bridgehead atoms. The maximum Gasteiger partial charge on any atom is 0.322 e. The molecule has 0 fully saturated rings. The van der Waals surface area contributed by atoms with Gasteiger partial charge in [0.2, 0.25) is 10.0 Å². The summed E-state index contributed by atoms with van der Waals surface area (Å²) in [5, 5.41) is 0. The summed E-state index contributed by atoms with van der Waals surface area (Å²) < 4.78 is 29.8. The Morgan fingerprint density at radius 3 is 2.41 bits per heavy atom. The van der Waals surface area contributed by atoms with Crippen molar-refractivity contribution in [1.82, 2.24) is 4.72 Å². The molecular formula is C9H18N2O4S2. The Morgan fingerprint density at radius 2 is 2.00 bits per heavy atom. The molecule has 0 aliphatic carbocycles. The van der Waals surface area contributed by atoms with Gasteiger partial charge in [-0.2, -0.15) is 0 Å². The fourth-order valence-electron chi connectivity index (χ4n) is 0.786. The number of nitrogens with one attached hydrogen (secondary N) is 1. The van der Waals surface area contributed by atoms with Crippen LogP contribution in [0.25, 0.3) is 0 Å². The van der Waals surface area contributed by atoms with Crippen LogP contribution < -0.4 is 10.5 Å². The number of sulfonamides is 1. The van der Waals surface area contributed by atoms with Crippen molar-refractivity contribution in [3.05, 3.63) is 0 Å². The maximum atomic E-state index is 11.5. The minimum absolute atomic E-state index is 0.0457. The lowest BCUT2D eigenvalue weighted by molar-refractivity contribution is -0.139. The lowest BCUT2D eigenvalue weighted by Crippen LogP contribution is -2.43. The van der Waals surface area contributed by atoms with E-state index in [2.05, 4.69) is 9.46 Å². The molecule has 100 valence electrons. The van der Waals surface area contributed by atoms with Crippen LogP contribution in [0.4, 0.5) is 0 Å². The fraction of sp³-hybridized carbons (Fsp3) is 0.778. The third-order valence-corrected chi connectivity index (χ3v) is 3.77. The molecule has 0 unspecified atom stereocenters. The number of hydrogen-bond acceptors (Lipinski definition) is 5. The highest BCUT2D eigenvalue weighted by atomic mass is 32.2. The zero-order valence-corrected chi connectivity index (χ0v) is 11.8. The number of rotatable bonds is 7. The molecule has 3 N–H and O–H groups in total. The van der Waals surface area contributed by atoms with E-state index in [0.717, 1.165) is 0 Å². The summed E-state index contributed by atoms with van der Waals surface area (Å²) in [5.41, 5.74) is 4.81. The summed E-state index contributed by atoms with van der Waals surface area (Å²) in [6.07, 6.45) is 0. The van der Waals surface area contributed by atoms with Gasteiger partial charge >= 0.3 is 5.97 Å². The van der Waals surface area contributed by atoms with E-state index >= 15 is 0 Å². The lowest BCUT2D eigenvalue weighted by Gasteiger charge is -2.23. The van der Waals surface area contributed by atoms with E-state index in [9.17, 15) is 13.2 Å². The molecule has 0 aromatic heterocycles. The number of thiocarbonyl (C=S) groups is 1. The molecule has 0 aromatic rings. The average molecular weight is 282 g/mol. The van der Waals surface area contributed by atoms with Gasteiger partial charge < -0.3 is 10.5 Å². The fourth-order valence-corrected chi connectivity index (χ4v) is 1.93. The number of ether oxygens (including phenoxy) is 1. The largest absolute Gasteiger partial charge is 0.465 e. The Labute approximate surface area is 107 Å². The van der Waals surface area contributed by atoms with Gasteiger partial charge in [0.25, 0.3) is 0 Å². The number of hydrogen-bond donors (Lipinski definition) is 2. The Bertz CT molecular complexity index is 390. The van der Waals surface area contributed by atoms with Crippen LogP contribution in [-0.2, 0) is 19.6 Å². The van der Waals surface area contributed by atoms with Gasteiger partial charge in [-0.25, -0.2) is 13.1 Å². The van der Waals surface area contributed by atoms with Crippen LogP contribution in [0.15, 0.2) is 0 Å². The van der Waals surface area contributed by atoms with Crippen molar-refractivity contribution in [3.63, 3.8) is 0 Å². The Morgan fingerprint density at radius 1 is 1.47 bits per heavy atom. The molecule has 0 radical (unpaired) electrons. The molecule has 0 amide bonds. The van der Waals surface area contributed by atoms with Crippen molar-refractivity contribution in [2.45, 2.75) is 20.8 Å². The SMILES string of the molecule is CCOC(=O)CS(=O)(=O)NCC(C)(C)C(N)=S. The molecule has 0 heterocycles. The first kappa shape index (κ1) is 16.3. The summed E-state index contributed by atoms with van der Waals surface area (Å²) in [6, 6.07) is 0. The van der Waals surface area contributed by atoms with Crippen molar-refractivity contribution in [2.24, 2.45) is 11.1 Å². The average Bonchev–Trinajstić information content (AvgIpc) is 2.14. The van der Waals surface area contributed by atoms with E-state index in [1.165, 1.54) is 0 Å². The molecule has 0 aromatic carbocycles. The van der Waals surface area contributed by atoms with E-state index in [-0.39, 0.29) is 18.1 Å². The molecule has 6 nitrogen and oxygen atoms in total. The molecule has 0 saturated carbocycles. The topological polar surface area (TPSA) is 98.5 Å². The molecular weight excluding hydrogens is 264 g/mol. The van der Waals surface area contributed by atoms with Gasteiger partial charge in [0.1, 0.15) is 0 Å². The smallest absolute Gasteiger partial charge is 0.322 e. The van der Waals surface area contributed by atoms with Gasteiger partial charge in [-0.05, 0) is 6.92 Å². The van der Waals surface area contributed by atoms with Gasteiger partial charge in [-0.3, -0.25) is 4.79 Å². The molecule has 0 aliphatic heterocycles. The zero-order valence-electron chi connectivity index (χ0n) is 10.1. The minimum Gasteiger partial charge on any atom is -0.465 e. The molecule has 0 rings (SSSR count). The Balaban J connectivity index is 4.38. The van der Waals surface area contributed by atoms with E-state index in [0.29, 0.717) is 0 Å². The van der Waals surface area contributed by atoms with Crippen LogP contribution in [0.2, 0.25) is 0 Å². The second kappa shape index (κ2) is 6.27. The van der Waals surface area contributed by atoms with Crippen LogP contribution in [0.3, 0.4) is 0 Å². The van der Waals surface area contributed by atoms with Crippen molar-refractivity contribution < 1.29 is 17.9 Å². The first-order chi connectivity index (χ1) is 7.60. The minimum atomic E-state index is -3.71. The molecule has 0 saturated heterocycles. The van der Waals surface area contributed by atoms with Crippen molar-refractivity contribution in [1.29, 1.82) is 0 Å². The predicted octanol–water partition coefficient (Wildman–Crippen LogP) is -0.219. The Kier molecular flexibility index (Phi) is 6.00. The quantitative estimate of drug-likeness (QED) is 0.495. The number of esters is 1. The van der Waals surface area contributed by atoms with Crippen molar-refractivity contribution in [2.75, 3.05) is 18.9 Å². The zero-order chi connectivity index (χ0) is 13.7. The van der Waals surface area contributed by atoms with E-state index in [1.807, 2.05) is 0 Å². The highest BCUT2D eigenvalue weighted by molar-refractivity contribution is 7.90. The molecule has 8 heteroatoms. The van der Waals surface area contributed by atoms with Crippen LogP contribution in [0, 0.1) is 5.41 Å². The highest BCUT2D eigenvalue weighted by Gasteiger charge is 2.25. The summed E-state index contributed by atoms with van der Waals surface area (Å²) >= 11 is 4.80. The summed E-state index contributed by atoms with van der Waals surface area (Å²) in [5.74, 6) is -1.48. The first-order valence-corrected chi connectivity index (χ1v) is 7.09. The van der Waals surface area contributed by atoms with Gasteiger partial charge in [0, 0.05) is 12.0 Å². The van der Waals surface area contributed by atoms with Crippen LogP contribution in [0.1, 0.15) is 20.8 Å². The predicted molar refractivity (Wildman–Crippen MR) is 69.0 cm³/mol. The van der Waals surface area contributed by atoms with Gasteiger partial charge in [0.15, 0.2) is 5.75 Å². The second-order valence-electron chi connectivity index (χ2n) is 4.13. The summed E-state index contributed by atoms with van der Waals surface area (Å²) in [4.78, 5) is 11.2. The second-order valence-corrected chi connectivity index (χ2v) is 6.38. The molecule has 0 spiro atoms. The summed E-state index contributed by atoms with van der Waals surface area (Å²) in [7, 11) is -3.71. The maximum absolute atomic E-state index is 11.5. The summed E-state index contributed by atoms with van der Waals surface area (Å²) in [6.45, 7) is 5.22.